The van der Waals surface area contributed by atoms with E-state index in [1.165, 1.54) is 5.56 Å². The Balaban J connectivity index is 2.16. The van der Waals surface area contributed by atoms with Crippen molar-refractivity contribution < 1.29 is 0 Å². The van der Waals surface area contributed by atoms with Crippen molar-refractivity contribution in [3.05, 3.63) is 34.3 Å². The van der Waals surface area contributed by atoms with Crippen molar-refractivity contribution >= 4 is 15.9 Å². The average molecular weight is 255 g/mol. The maximum absolute atomic E-state index is 3.46. The summed E-state index contributed by atoms with van der Waals surface area (Å²) in [5.74, 6) is 0. The third-order valence-electron chi connectivity index (χ3n) is 2.77. The molecule has 2 nitrogen and oxygen atoms in total. The van der Waals surface area contributed by atoms with Crippen molar-refractivity contribution in [2.24, 2.45) is 0 Å². The number of rotatable bonds is 1. The number of benzene rings is 1. The number of hydrogen-bond acceptors (Lipinski definition) is 2. The van der Waals surface area contributed by atoms with Crippen LogP contribution in [-0.4, -0.2) is 31.6 Å². The molecule has 1 N–H and O–H groups in total. The van der Waals surface area contributed by atoms with E-state index in [2.05, 4.69) is 57.5 Å². The Bertz CT molecular complexity index is 297. The highest BCUT2D eigenvalue weighted by Gasteiger charge is 2.19. The van der Waals surface area contributed by atoms with Gasteiger partial charge >= 0.3 is 0 Å². The highest BCUT2D eigenvalue weighted by Crippen LogP contribution is 2.22. The zero-order valence-corrected chi connectivity index (χ0v) is 9.92. The van der Waals surface area contributed by atoms with Crippen LogP contribution in [0, 0.1) is 0 Å². The Kier molecular flexibility index (Phi) is 3.21. The molecule has 0 radical (unpaired) electrons. The minimum atomic E-state index is 0.525. The Morgan fingerprint density at radius 3 is 2.71 bits per heavy atom. The largest absolute Gasteiger partial charge is 0.314 e. The molecular weight excluding hydrogens is 240 g/mol. The van der Waals surface area contributed by atoms with Gasteiger partial charge in [0.2, 0.25) is 0 Å². The second kappa shape index (κ2) is 4.43. The molecule has 1 atom stereocenters. The molecule has 0 amide bonds. The van der Waals surface area contributed by atoms with E-state index in [0.717, 1.165) is 24.1 Å². The molecule has 1 saturated heterocycles. The van der Waals surface area contributed by atoms with Crippen LogP contribution in [0.15, 0.2) is 28.7 Å². The summed E-state index contributed by atoms with van der Waals surface area (Å²) in [4.78, 5) is 2.40. The number of hydrogen-bond donors (Lipinski definition) is 1. The Labute approximate surface area is 93.4 Å². The fourth-order valence-corrected chi connectivity index (χ4v) is 2.13. The predicted molar refractivity (Wildman–Crippen MR) is 62.4 cm³/mol. The summed E-state index contributed by atoms with van der Waals surface area (Å²) in [7, 11) is 2.19. The van der Waals surface area contributed by atoms with Gasteiger partial charge in [0, 0.05) is 30.1 Å². The topological polar surface area (TPSA) is 15.3 Å². The molecule has 0 aliphatic carbocycles. The third-order valence-corrected chi connectivity index (χ3v) is 3.29. The van der Waals surface area contributed by atoms with Gasteiger partial charge < -0.3 is 5.32 Å². The highest BCUT2D eigenvalue weighted by atomic mass is 79.9. The van der Waals surface area contributed by atoms with E-state index < -0.39 is 0 Å². The summed E-state index contributed by atoms with van der Waals surface area (Å²) in [6.45, 7) is 3.28. The molecule has 1 aromatic rings. The first-order chi connectivity index (χ1) is 6.77. The van der Waals surface area contributed by atoms with Gasteiger partial charge in [0.05, 0.1) is 0 Å². The quantitative estimate of drug-likeness (QED) is 0.826. The summed E-state index contributed by atoms with van der Waals surface area (Å²) in [6.07, 6.45) is 0. The summed E-state index contributed by atoms with van der Waals surface area (Å²) in [6, 6.07) is 9.13. The smallest absolute Gasteiger partial charge is 0.0470 e. The zero-order valence-electron chi connectivity index (χ0n) is 8.33. The van der Waals surface area contributed by atoms with Crippen LogP contribution >= 0.6 is 15.9 Å². The first-order valence-electron chi connectivity index (χ1n) is 4.94. The summed E-state index contributed by atoms with van der Waals surface area (Å²) >= 11 is 3.46. The first kappa shape index (κ1) is 10.1. The van der Waals surface area contributed by atoms with Crippen molar-refractivity contribution in [3.8, 4) is 0 Å². The number of piperazine rings is 1. The predicted octanol–water partition coefficient (Wildman–Crippen LogP) is 2.03. The van der Waals surface area contributed by atoms with Crippen molar-refractivity contribution in [1.29, 1.82) is 0 Å². The van der Waals surface area contributed by atoms with Crippen molar-refractivity contribution in [2.45, 2.75) is 6.04 Å². The molecule has 0 saturated carbocycles. The molecule has 0 bridgehead atoms. The van der Waals surface area contributed by atoms with E-state index in [4.69, 9.17) is 0 Å². The lowest BCUT2D eigenvalue weighted by Gasteiger charge is -2.33. The van der Waals surface area contributed by atoms with Gasteiger partial charge in [-0.3, -0.25) is 4.90 Å². The van der Waals surface area contributed by atoms with Crippen molar-refractivity contribution in [1.82, 2.24) is 10.2 Å². The van der Waals surface area contributed by atoms with E-state index in [-0.39, 0.29) is 0 Å². The monoisotopic (exact) mass is 254 g/mol. The van der Waals surface area contributed by atoms with Crippen LogP contribution in [0.1, 0.15) is 11.6 Å². The molecule has 0 aromatic heterocycles. The number of halogens is 1. The molecule has 14 heavy (non-hydrogen) atoms. The van der Waals surface area contributed by atoms with Gasteiger partial charge in [-0.05, 0) is 24.7 Å². The van der Waals surface area contributed by atoms with Gasteiger partial charge in [-0.2, -0.15) is 0 Å². The molecule has 3 heteroatoms. The van der Waals surface area contributed by atoms with Crippen molar-refractivity contribution in [2.75, 3.05) is 26.7 Å². The van der Waals surface area contributed by atoms with Crippen LogP contribution in [0.4, 0.5) is 0 Å². The molecule has 1 aliphatic heterocycles. The Morgan fingerprint density at radius 1 is 1.36 bits per heavy atom. The molecule has 1 fully saturated rings. The van der Waals surface area contributed by atoms with Gasteiger partial charge in [0.1, 0.15) is 0 Å². The van der Waals surface area contributed by atoms with Crippen LogP contribution in [0.2, 0.25) is 0 Å². The minimum absolute atomic E-state index is 0.525. The first-order valence-corrected chi connectivity index (χ1v) is 5.73. The van der Waals surface area contributed by atoms with Gasteiger partial charge in [-0.25, -0.2) is 0 Å². The lowest BCUT2D eigenvalue weighted by Crippen LogP contribution is -2.43. The molecule has 1 heterocycles. The second-order valence-electron chi connectivity index (χ2n) is 3.75. The summed E-state index contributed by atoms with van der Waals surface area (Å²) in [5, 5.41) is 3.42. The van der Waals surface area contributed by atoms with Gasteiger partial charge in [-0.1, -0.05) is 28.1 Å². The van der Waals surface area contributed by atoms with Crippen LogP contribution < -0.4 is 5.32 Å². The number of nitrogens with zero attached hydrogens (tertiary/aromatic N) is 1. The van der Waals surface area contributed by atoms with E-state index >= 15 is 0 Å². The fraction of sp³-hybridized carbons (Fsp3) is 0.455. The van der Waals surface area contributed by atoms with E-state index in [0.29, 0.717) is 6.04 Å². The van der Waals surface area contributed by atoms with Crippen LogP contribution in [0.3, 0.4) is 0 Å². The number of nitrogens with one attached hydrogen (secondary N) is 1. The summed E-state index contributed by atoms with van der Waals surface area (Å²) in [5.41, 5.74) is 1.39. The second-order valence-corrected chi connectivity index (χ2v) is 4.67. The normalized spacial score (nSPS) is 23.7. The average Bonchev–Trinajstić information content (AvgIpc) is 2.20. The highest BCUT2D eigenvalue weighted by molar-refractivity contribution is 9.10. The van der Waals surface area contributed by atoms with Crippen molar-refractivity contribution in [3.63, 3.8) is 0 Å². The van der Waals surface area contributed by atoms with Crippen LogP contribution in [0.5, 0.6) is 0 Å². The standard InChI is InChI=1S/C11H15BrN2/c1-14-7-6-13-8-11(14)9-2-4-10(12)5-3-9/h2-5,11,13H,6-8H2,1H3. The molecule has 1 aromatic carbocycles. The maximum atomic E-state index is 3.46. The Morgan fingerprint density at radius 2 is 2.07 bits per heavy atom. The fourth-order valence-electron chi connectivity index (χ4n) is 1.86. The van der Waals surface area contributed by atoms with Crippen LogP contribution in [0.25, 0.3) is 0 Å². The maximum Gasteiger partial charge on any atom is 0.0470 e. The van der Waals surface area contributed by atoms with Crippen LogP contribution in [-0.2, 0) is 0 Å². The molecule has 0 spiro atoms. The van der Waals surface area contributed by atoms with E-state index in [1.54, 1.807) is 0 Å². The van der Waals surface area contributed by atoms with Gasteiger partial charge in [-0.15, -0.1) is 0 Å². The number of likely N-dealkylation sites (N-methyl/N-ethyl adjacent to an activating group) is 1. The molecule has 1 unspecified atom stereocenters. The Hall–Kier alpha value is -0.380. The lowest BCUT2D eigenvalue weighted by atomic mass is 10.0. The minimum Gasteiger partial charge on any atom is -0.314 e. The molecule has 76 valence electrons. The lowest BCUT2D eigenvalue weighted by molar-refractivity contribution is 0.202. The van der Waals surface area contributed by atoms with Gasteiger partial charge in [0.25, 0.3) is 0 Å². The SMILES string of the molecule is CN1CCNCC1c1ccc(Br)cc1. The van der Waals surface area contributed by atoms with Gasteiger partial charge in [0.15, 0.2) is 0 Å². The third kappa shape index (κ3) is 2.16. The summed E-state index contributed by atoms with van der Waals surface area (Å²) < 4.78 is 1.15. The molecular formula is C11H15BrN2. The zero-order chi connectivity index (χ0) is 9.97. The van der Waals surface area contributed by atoms with E-state index in [1.807, 2.05) is 0 Å². The van der Waals surface area contributed by atoms with E-state index in [9.17, 15) is 0 Å². The molecule has 2 rings (SSSR count). The molecule has 1 aliphatic rings.